The van der Waals surface area contributed by atoms with Crippen molar-refractivity contribution >= 4 is 6.21 Å². The average molecular weight is 296 g/mol. The molecule has 2 rings (SSSR count). The highest BCUT2D eigenvalue weighted by molar-refractivity contribution is 5.83. The van der Waals surface area contributed by atoms with Crippen LogP contribution in [0.5, 0.6) is 5.75 Å². The summed E-state index contributed by atoms with van der Waals surface area (Å²) in [6.45, 7) is 2.45. The minimum absolute atomic E-state index is 0.690. The highest BCUT2D eigenvalue weighted by Crippen LogP contribution is 2.16. The SMILES string of the molecule is CN(C)CCCOc1ccccc1C=NCc1ccccc1. The largest absolute Gasteiger partial charge is 0.493 e. The zero-order chi connectivity index (χ0) is 15.6. The molecule has 0 aliphatic heterocycles. The fourth-order valence-corrected chi connectivity index (χ4v) is 2.11. The van der Waals surface area contributed by atoms with Crippen molar-refractivity contribution in [2.45, 2.75) is 13.0 Å². The van der Waals surface area contributed by atoms with Crippen LogP contribution in [-0.4, -0.2) is 38.4 Å². The Bertz CT molecular complexity index is 579. The minimum Gasteiger partial charge on any atom is -0.493 e. The molecule has 0 unspecified atom stereocenters. The van der Waals surface area contributed by atoms with Gasteiger partial charge in [-0.05, 0) is 38.2 Å². The smallest absolute Gasteiger partial charge is 0.128 e. The van der Waals surface area contributed by atoms with Crippen LogP contribution in [0.25, 0.3) is 0 Å². The Balaban J connectivity index is 1.90. The van der Waals surface area contributed by atoms with Gasteiger partial charge in [0.2, 0.25) is 0 Å². The first-order valence-corrected chi connectivity index (χ1v) is 7.66. The van der Waals surface area contributed by atoms with E-state index < -0.39 is 0 Å². The first-order valence-electron chi connectivity index (χ1n) is 7.66. The molecule has 0 saturated heterocycles. The summed E-state index contributed by atoms with van der Waals surface area (Å²) >= 11 is 0. The predicted molar refractivity (Wildman–Crippen MR) is 92.8 cm³/mol. The van der Waals surface area contributed by atoms with E-state index >= 15 is 0 Å². The van der Waals surface area contributed by atoms with Gasteiger partial charge < -0.3 is 9.64 Å². The maximum absolute atomic E-state index is 5.87. The molecule has 0 aliphatic carbocycles. The van der Waals surface area contributed by atoms with E-state index in [1.165, 1.54) is 5.56 Å². The van der Waals surface area contributed by atoms with Crippen LogP contribution in [0.15, 0.2) is 59.6 Å². The van der Waals surface area contributed by atoms with Crippen molar-refractivity contribution in [2.75, 3.05) is 27.2 Å². The number of nitrogens with zero attached hydrogens (tertiary/aromatic N) is 2. The zero-order valence-corrected chi connectivity index (χ0v) is 13.4. The summed E-state index contributed by atoms with van der Waals surface area (Å²) in [6.07, 6.45) is 2.91. The maximum Gasteiger partial charge on any atom is 0.128 e. The summed E-state index contributed by atoms with van der Waals surface area (Å²) in [5, 5.41) is 0. The summed E-state index contributed by atoms with van der Waals surface area (Å²) in [6, 6.07) is 18.3. The Morgan fingerprint density at radius 3 is 2.50 bits per heavy atom. The van der Waals surface area contributed by atoms with Gasteiger partial charge in [-0.15, -0.1) is 0 Å². The first-order chi connectivity index (χ1) is 10.8. The Morgan fingerprint density at radius 2 is 1.73 bits per heavy atom. The van der Waals surface area contributed by atoms with E-state index in [4.69, 9.17) is 4.74 Å². The van der Waals surface area contributed by atoms with Crippen molar-refractivity contribution in [3.63, 3.8) is 0 Å². The summed E-state index contributed by atoms with van der Waals surface area (Å²) in [7, 11) is 4.15. The van der Waals surface area contributed by atoms with Crippen LogP contribution in [0, 0.1) is 0 Å². The fraction of sp³-hybridized carbons (Fsp3) is 0.316. The van der Waals surface area contributed by atoms with E-state index in [1.54, 1.807) is 0 Å². The Labute approximate surface area is 133 Å². The van der Waals surface area contributed by atoms with Gasteiger partial charge in [0.1, 0.15) is 5.75 Å². The maximum atomic E-state index is 5.87. The first kappa shape index (κ1) is 16.2. The molecule has 0 atom stereocenters. The van der Waals surface area contributed by atoms with Crippen LogP contribution in [0.4, 0.5) is 0 Å². The van der Waals surface area contributed by atoms with Gasteiger partial charge in [-0.1, -0.05) is 42.5 Å². The summed E-state index contributed by atoms with van der Waals surface area (Å²) in [4.78, 5) is 6.68. The van der Waals surface area contributed by atoms with Crippen molar-refractivity contribution in [3.8, 4) is 5.75 Å². The molecule has 116 valence electrons. The number of para-hydroxylation sites is 1. The number of hydrogen-bond acceptors (Lipinski definition) is 3. The van der Waals surface area contributed by atoms with E-state index in [9.17, 15) is 0 Å². The van der Waals surface area contributed by atoms with E-state index in [0.29, 0.717) is 6.54 Å². The number of aliphatic imine (C=N–C) groups is 1. The second-order valence-electron chi connectivity index (χ2n) is 5.50. The van der Waals surface area contributed by atoms with Crippen LogP contribution >= 0.6 is 0 Å². The van der Waals surface area contributed by atoms with E-state index in [0.717, 1.165) is 30.9 Å². The molecular weight excluding hydrogens is 272 g/mol. The van der Waals surface area contributed by atoms with Crippen LogP contribution in [0.2, 0.25) is 0 Å². The molecule has 3 heteroatoms. The molecule has 0 fully saturated rings. The molecule has 0 bridgehead atoms. The summed E-state index contributed by atoms with van der Waals surface area (Å²) in [5.74, 6) is 0.901. The van der Waals surface area contributed by atoms with Crippen molar-refractivity contribution in [2.24, 2.45) is 4.99 Å². The molecule has 3 nitrogen and oxygen atoms in total. The molecule has 0 radical (unpaired) electrons. The van der Waals surface area contributed by atoms with Gasteiger partial charge in [0.25, 0.3) is 0 Å². The van der Waals surface area contributed by atoms with Crippen LogP contribution in [0.1, 0.15) is 17.5 Å². The molecular formula is C19H24N2O. The third-order valence-electron chi connectivity index (χ3n) is 3.27. The lowest BCUT2D eigenvalue weighted by atomic mass is 10.2. The molecule has 0 amide bonds. The standard InChI is InChI=1S/C19H24N2O/c1-21(2)13-8-14-22-19-12-7-6-11-18(19)16-20-15-17-9-4-3-5-10-17/h3-7,9-12,16H,8,13-15H2,1-2H3. The quantitative estimate of drug-likeness (QED) is 0.549. The van der Waals surface area contributed by atoms with Crippen LogP contribution < -0.4 is 4.74 Å². The lowest BCUT2D eigenvalue weighted by molar-refractivity contribution is 0.281. The number of ether oxygens (including phenoxy) is 1. The van der Waals surface area contributed by atoms with Crippen LogP contribution in [-0.2, 0) is 6.54 Å². The molecule has 2 aromatic rings. The van der Waals surface area contributed by atoms with Crippen LogP contribution in [0.3, 0.4) is 0 Å². The number of rotatable bonds is 8. The average Bonchev–Trinajstić information content (AvgIpc) is 2.54. The Morgan fingerprint density at radius 1 is 1.00 bits per heavy atom. The van der Waals surface area contributed by atoms with Crippen molar-refractivity contribution in [1.82, 2.24) is 4.90 Å². The molecule has 0 heterocycles. The third-order valence-corrected chi connectivity index (χ3v) is 3.27. The molecule has 2 aromatic carbocycles. The highest BCUT2D eigenvalue weighted by atomic mass is 16.5. The van der Waals surface area contributed by atoms with Gasteiger partial charge in [-0.2, -0.15) is 0 Å². The normalized spacial score (nSPS) is 11.2. The summed E-state index contributed by atoms with van der Waals surface area (Å²) in [5.41, 5.74) is 2.24. The highest BCUT2D eigenvalue weighted by Gasteiger charge is 2.00. The Hall–Kier alpha value is -2.13. The zero-order valence-electron chi connectivity index (χ0n) is 13.4. The van der Waals surface area contributed by atoms with Crippen molar-refractivity contribution in [3.05, 3.63) is 65.7 Å². The van der Waals surface area contributed by atoms with E-state index in [2.05, 4.69) is 36.1 Å². The minimum atomic E-state index is 0.690. The third kappa shape index (κ3) is 5.70. The molecule has 0 spiro atoms. The molecule has 0 saturated carbocycles. The monoisotopic (exact) mass is 296 g/mol. The second-order valence-corrected chi connectivity index (χ2v) is 5.50. The topological polar surface area (TPSA) is 24.8 Å². The van der Waals surface area contributed by atoms with Gasteiger partial charge in [-0.3, -0.25) is 4.99 Å². The number of benzene rings is 2. The second kappa shape index (κ2) is 9.00. The number of hydrogen-bond donors (Lipinski definition) is 0. The van der Waals surface area contributed by atoms with Gasteiger partial charge in [-0.25, -0.2) is 0 Å². The van der Waals surface area contributed by atoms with E-state index in [-0.39, 0.29) is 0 Å². The fourth-order valence-electron chi connectivity index (χ4n) is 2.11. The molecule has 22 heavy (non-hydrogen) atoms. The molecule has 0 N–H and O–H groups in total. The lowest BCUT2D eigenvalue weighted by Gasteiger charge is -2.11. The van der Waals surface area contributed by atoms with Gasteiger partial charge >= 0.3 is 0 Å². The predicted octanol–water partition coefficient (Wildman–Crippen LogP) is 3.64. The molecule has 0 aromatic heterocycles. The summed E-state index contributed by atoms with van der Waals surface area (Å²) < 4.78 is 5.87. The van der Waals surface area contributed by atoms with Crippen molar-refractivity contribution < 1.29 is 4.74 Å². The van der Waals surface area contributed by atoms with Gasteiger partial charge in [0.15, 0.2) is 0 Å². The van der Waals surface area contributed by atoms with Crippen molar-refractivity contribution in [1.29, 1.82) is 0 Å². The Kier molecular flexibility index (Phi) is 6.65. The van der Waals surface area contributed by atoms with Gasteiger partial charge in [0.05, 0.1) is 13.2 Å². The lowest BCUT2D eigenvalue weighted by Crippen LogP contribution is -2.15. The van der Waals surface area contributed by atoms with Gasteiger partial charge in [0, 0.05) is 18.3 Å². The molecule has 0 aliphatic rings. The van der Waals surface area contributed by atoms with E-state index in [1.807, 2.05) is 48.7 Å².